The van der Waals surface area contributed by atoms with Crippen molar-refractivity contribution in [1.29, 1.82) is 0 Å². The third-order valence-electron chi connectivity index (χ3n) is 3.25. The van der Waals surface area contributed by atoms with Gasteiger partial charge in [-0.05, 0) is 24.0 Å². The fraction of sp³-hybridized carbons (Fsp3) is 0.533. The minimum absolute atomic E-state index is 0.0952. The van der Waals surface area contributed by atoms with Gasteiger partial charge in [0.1, 0.15) is 12.7 Å². The Morgan fingerprint density at radius 3 is 2.55 bits per heavy atom. The quantitative estimate of drug-likeness (QED) is 0.877. The molecule has 1 unspecified atom stereocenters. The van der Waals surface area contributed by atoms with Crippen molar-refractivity contribution in [2.24, 2.45) is 0 Å². The SMILES string of the molecule is O=C(NCc1ccc(COCC(F)(F)F)cc1)C1CCCO1. The summed E-state index contributed by atoms with van der Waals surface area (Å²) in [6.45, 7) is -0.374. The summed E-state index contributed by atoms with van der Waals surface area (Å²) in [4.78, 5) is 11.8. The fourth-order valence-corrected chi connectivity index (χ4v) is 2.13. The molecule has 0 saturated carbocycles. The smallest absolute Gasteiger partial charge is 0.368 e. The zero-order valence-corrected chi connectivity index (χ0v) is 12.0. The van der Waals surface area contributed by atoms with Gasteiger partial charge in [-0.25, -0.2) is 0 Å². The number of ether oxygens (including phenoxy) is 2. The zero-order valence-electron chi connectivity index (χ0n) is 12.0. The molecule has 0 aromatic heterocycles. The second-order valence-electron chi connectivity index (χ2n) is 5.14. The number of hydrogen-bond acceptors (Lipinski definition) is 3. The molecule has 1 saturated heterocycles. The van der Waals surface area contributed by atoms with Crippen LogP contribution in [0.4, 0.5) is 13.2 Å². The first-order chi connectivity index (χ1) is 10.4. The number of rotatable bonds is 6. The maximum atomic E-state index is 12.0. The molecule has 1 fully saturated rings. The van der Waals surface area contributed by atoms with Gasteiger partial charge < -0.3 is 14.8 Å². The van der Waals surface area contributed by atoms with Gasteiger partial charge in [-0.1, -0.05) is 24.3 Å². The number of hydrogen-bond donors (Lipinski definition) is 1. The Bertz CT molecular complexity index is 482. The summed E-state index contributed by atoms with van der Waals surface area (Å²) >= 11 is 0. The van der Waals surface area contributed by atoms with E-state index in [0.717, 1.165) is 18.4 Å². The van der Waals surface area contributed by atoms with E-state index >= 15 is 0 Å². The molecular weight excluding hydrogens is 299 g/mol. The van der Waals surface area contributed by atoms with Gasteiger partial charge >= 0.3 is 6.18 Å². The molecule has 0 bridgehead atoms. The lowest BCUT2D eigenvalue weighted by Gasteiger charge is -2.11. The van der Waals surface area contributed by atoms with Gasteiger partial charge in [-0.15, -0.1) is 0 Å². The number of carbonyl (C=O) groups excluding carboxylic acids is 1. The number of benzene rings is 1. The highest BCUT2D eigenvalue weighted by Crippen LogP contribution is 2.16. The summed E-state index contributed by atoms with van der Waals surface area (Å²) in [5.74, 6) is -0.130. The maximum Gasteiger partial charge on any atom is 0.411 e. The lowest BCUT2D eigenvalue weighted by molar-refractivity contribution is -0.176. The Balaban J connectivity index is 1.73. The van der Waals surface area contributed by atoms with E-state index in [1.54, 1.807) is 24.3 Å². The summed E-state index contributed by atoms with van der Waals surface area (Å²) in [6, 6.07) is 6.87. The van der Waals surface area contributed by atoms with Crippen molar-refractivity contribution in [2.45, 2.75) is 38.3 Å². The standard InChI is InChI=1S/C15H18F3NO3/c16-15(17,18)10-21-9-12-5-3-11(4-6-12)8-19-14(20)13-2-1-7-22-13/h3-6,13H,1-2,7-10H2,(H,19,20). The Morgan fingerprint density at radius 2 is 1.95 bits per heavy atom. The molecule has 22 heavy (non-hydrogen) atoms. The third-order valence-corrected chi connectivity index (χ3v) is 3.25. The molecule has 7 heteroatoms. The zero-order chi connectivity index (χ0) is 16.0. The van der Waals surface area contributed by atoms with E-state index in [9.17, 15) is 18.0 Å². The maximum absolute atomic E-state index is 12.0. The van der Waals surface area contributed by atoms with Crippen molar-refractivity contribution >= 4 is 5.91 Å². The van der Waals surface area contributed by atoms with Gasteiger partial charge in [0.05, 0.1) is 6.61 Å². The molecule has 0 radical (unpaired) electrons. The van der Waals surface area contributed by atoms with Crippen molar-refractivity contribution in [3.8, 4) is 0 Å². The molecular formula is C15H18F3NO3. The molecule has 4 nitrogen and oxygen atoms in total. The molecule has 1 aromatic carbocycles. The average Bonchev–Trinajstić information content (AvgIpc) is 2.99. The van der Waals surface area contributed by atoms with Crippen LogP contribution in [-0.4, -0.2) is 31.4 Å². The van der Waals surface area contributed by atoms with Crippen LogP contribution in [-0.2, 0) is 27.4 Å². The highest BCUT2D eigenvalue weighted by molar-refractivity contribution is 5.80. The van der Waals surface area contributed by atoms with E-state index in [1.807, 2.05) is 0 Å². The minimum atomic E-state index is -4.31. The van der Waals surface area contributed by atoms with E-state index in [2.05, 4.69) is 10.1 Å². The second kappa shape index (κ2) is 7.60. The lowest BCUT2D eigenvalue weighted by Crippen LogP contribution is -2.33. The Kier molecular flexibility index (Phi) is 5.79. The van der Waals surface area contributed by atoms with E-state index in [-0.39, 0.29) is 18.6 Å². The van der Waals surface area contributed by atoms with Gasteiger partial charge in [-0.3, -0.25) is 4.79 Å². The molecule has 1 aliphatic heterocycles. The summed E-state index contributed by atoms with van der Waals surface area (Å²) in [5, 5.41) is 2.78. The summed E-state index contributed by atoms with van der Waals surface area (Å²) in [5.41, 5.74) is 1.52. The number of halogens is 3. The van der Waals surface area contributed by atoms with E-state index in [1.165, 1.54) is 0 Å². The van der Waals surface area contributed by atoms with E-state index < -0.39 is 12.8 Å². The van der Waals surface area contributed by atoms with Crippen LogP contribution in [0.3, 0.4) is 0 Å². The first-order valence-electron chi connectivity index (χ1n) is 7.06. The van der Waals surface area contributed by atoms with E-state index in [4.69, 9.17) is 4.74 Å². The van der Waals surface area contributed by atoms with Crippen LogP contribution in [0.1, 0.15) is 24.0 Å². The van der Waals surface area contributed by atoms with Crippen LogP contribution in [0.15, 0.2) is 24.3 Å². The highest BCUT2D eigenvalue weighted by atomic mass is 19.4. The minimum Gasteiger partial charge on any atom is -0.368 e. The number of nitrogens with one attached hydrogen (secondary N) is 1. The molecule has 122 valence electrons. The van der Waals surface area contributed by atoms with Crippen LogP contribution in [0.25, 0.3) is 0 Å². The molecule has 1 N–H and O–H groups in total. The fourth-order valence-electron chi connectivity index (χ4n) is 2.13. The van der Waals surface area contributed by atoms with Gasteiger partial charge in [0.2, 0.25) is 5.91 Å². The molecule has 1 aromatic rings. The van der Waals surface area contributed by atoms with E-state index in [0.29, 0.717) is 18.7 Å². The third kappa shape index (κ3) is 5.65. The van der Waals surface area contributed by atoms with Crippen molar-refractivity contribution in [3.05, 3.63) is 35.4 Å². The van der Waals surface area contributed by atoms with Crippen LogP contribution >= 0.6 is 0 Å². The normalized spacial score (nSPS) is 18.4. The first-order valence-corrected chi connectivity index (χ1v) is 7.06. The number of amides is 1. The molecule has 0 spiro atoms. The van der Waals surface area contributed by atoms with Gasteiger partial charge in [0.15, 0.2) is 0 Å². The highest BCUT2D eigenvalue weighted by Gasteiger charge is 2.27. The Labute approximate surface area is 126 Å². The van der Waals surface area contributed by atoms with Gasteiger partial charge in [0.25, 0.3) is 0 Å². The van der Waals surface area contributed by atoms with Crippen LogP contribution in [0.5, 0.6) is 0 Å². The predicted molar refractivity (Wildman–Crippen MR) is 73.0 cm³/mol. The second-order valence-corrected chi connectivity index (χ2v) is 5.14. The Morgan fingerprint density at radius 1 is 1.27 bits per heavy atom. The monoisotopic (exact) mass is 317 g/mol. The van der Waals surface area contributed by atoms with Crippen molar-refractivity contribution in [3.63, 3.8) is 0 Å². The van der Waals surface area contributed by atoms with Crippen molar-refractivity contribution < 1.29 is 27.4 Å². The van der Waals surface area contributed by atoms with Crippen molar-refractivity contribution in [2.75, 3.05) is 13.2 Å². The average molecular weight is 317 g/mol. The summed E-state index contributed by atoms with van der Waals surface area (Å²) in [6.07, 6.45) is -3.05. The summed E-state index contributed by atoms with van der Waals surface area (Å²) < 4.78 is 45.7. The number of alkyl halides is 3. The van der Waals surface area contributed by atoms with Gasteiger partial charge in [0, 0.05) is 13.2 Å². The molecule has 1 atom stereocenters. The van der Waals surface area contributed by atoms with Crippen LogP contribution < -0.4 is 5.32 Å². The topological polar surface area (TPSA) is 47.6 Å². The largest absolute Gasteiger partial charge is 0.411 e. The van der Waals surface area contributed by atoms with Gasteiger partial charge in [-0.2, -0.15) is 13.2 Å². The molecule has 1 heterocycles. The molecule has 1 amide bonds. The van der Waals surface area contributed by atoms with Crippen molar-refractivity contribution in [1.82, 2.24) is 5.32 Å². The summed E-state index contributed by atoms with van der Waals surface area (Å²) in [7, 11) is 0. The predicted octanol–water partition coefficient (Wildman–Crippen LogP) is 2.56. The Hall–Kier alpha value is -1.60. The van der Waals surface area contributed by atoms with Crippen LogP contribution in [0, 0.1) is 0 Å². The lowest BCUT2D eigenvalue weighted by atomic mass is 10.1. The first kappa shape index (κ1) is 16.8. The molecule has 2 rings (SSSR count). The molecule has 0 aliphatic carbocycles. The van der Waals surface area contributed by atoms with Crippen LogP contribution in [0.2, 0.25) is 0 Å². The molecule has 1 aliphatic rings. The number of carbonyl (C=O) groups is 1.